The van der Waals surface area contributed by atoms with Gasteiger partial charge in [-0.3, -0.25) is 0 Å². The first-order valence-corrected chi connectivity index (χ1v) is 4.97. The zero-order valence-electron chi connectivity index (χ0n) is 9.55. The van der Waals surface area contributed by atoms with Crippen LogP contribution in [-0.2, 0) is 0 Å². The minimum absolute atomic E-state index is 0. The number of hydrogen-bond donors (Lipinski definition) is 0. The molecule has 16 heavy (non-hydrogen) atoms. The van der Waals surface area contributed by atoms with Gasteiger partial charge in [0.2, 0.25) is 0 Å². The molecule has 0 fully saturated rings. The molecule has 1 aromatic rings. The monoisotopic (exact) mass is 256 g/mol. The van der Waals surface area contributed by atoms with E-state index in [9.17, 15) is 12.9 Å². The van der Waals surface area contributed by atoms with Crippen molar-refractivity contribution in [2.45, 2.75) is 19.8 Å². The molecule has 1 rings (SSSR count). The third-order valence-electron chi connectivity index (χ3n) is 2.03. The molecule has 0 aromatic heterocycles. The zero-order chi connectivity index (χ0) is 11.3. The van der Waals surface area contributed by atoms with Gasteiger partial charge in [-0.05, 0) is 12.5 Å². The van der Waals surface area contributed by atoms with Gasteiger partial charge in [0.05, 0.1) is 12.4 Å². The average molecular weight is 256 g/mol. The molecular formula is C10H13BF3KO. The summed E-state index contributed by atoms with van der Waals surface area (Å²) >= 11 is 0. The summed E-state index contributed by atoms with van der Waals surface area (Å²) in [6.07, 6.45) is 1.67. The van der Waals surface area contributed by atoms with E-state index in [0.29, 0.717) is 6.61 Å². The van der Waals surface area contributed by atoms with Gasteiger partial charge >= 0.3 is 58.4 Å². The average Bonchev–Trinajstić information content (AvgIpc) is 2.17. The Balaban J connectivity index is 0.00000225. The molecule has 0 saturated heterocycles. The number of rotatable bonds is 5. The van der Waals surface area contributed by atoms with E-state index in [1.165, 1.54) is 12.1 Å². The van der Waals surface area contributed by atoms with Crippen LogP contribution in [0.15, 0.2) is 24.3 Å². The summed E-state index contributed by atoms with van der Waals surface area (Å²) in [6.45, 7) is -2.69. The van der Waals surface area contributed by atoms with E-state index in [-0.39, 0.29) is 57.1 Å². The summed E-state index contributed by atoms with van der Waals surface area (Å²) in [5.41, 5.74) is -0.645. The molecular weight excluding hydrogens is 243 g/mol. The molecule has 0 atom stereocenters. The van der Waals surface area contributed by atoms with Crippen molar-refractivity contribution in [3.05, 3.63) is 24.3 Å². The maximum Gasteiger partial charge on any atom is 1.00 e. The first-order valence-electron chi connectivity index (χ1n) is 4.97. The largest absolute Gasteiger partial charge is 1.00 e. The third-order valence-corrected chi connectivity index (χ3v) is 2.03. The Bertz CT molecular complexity index is 317. The van der Waals surface area contributed by atoms with Gasteiger partial charge in [-0.15, -0.1) is 0 Å². The standard InChI is InChI=1S/C10H13BF3O.K/c1-2-3-8-15-10-7-5-4-6-9(10)11(12,13)14;/h4-7H,2-3,8H2,1H3;/q-1;+1. The predicted octanol–water partition coefficient (Wildman–Crippen LogP) is -0.0761. The van der Waals surface area contributed by atoms with E-state index in [0.717, 1.165) is 18.9 Å². The topological polar surface area (TPSA) is 9.23 Å². The van der Waals surface area contributed by atoms with Gasteiger partial charge in [0.15, 0.2) is 0 Å². The molecule has 84 valence electrons. The second-order valence-corrected chi connectivity index (χ2v) is 3.31. The number of hydrogen-bond acceptors (Lipinski definition) is 1. The van der Waals surface area contributed by atoms with Crippen LogP contribution in [0.5, 0.6) is 5.75 Å². The molecule has 0 aliphatic heterocycles. The van der Waals surface area contributed by atoms with E-state index in [4.69, 9.17) is 4.74 Å². The molecule has 1 nitrogen and oxygen atoms in total. The number of benzene rings is 1. The first kappa shape index (κ1) is 16.5. The van der Waals surface area contributed by atoms with Crippen LogP contribution < -0.4 is 61.6 Å². The second-order valence-electron chi connectivity index (χ2n) is 3.31. The van der Waals surface area contributed by atoms with E-state index in [1.807, 2.05) is 6.92 Å². The number of halogens is 3. The maximum atomic E-state index is 12.5. The van der Waals surface area contributed by atoms with Gasteiger partial charge in [-0.25, -0.2) is 0 Å². The van der Waals surface area contributed by atoms with Crippen molar-refractivity contribution in [3.63, 3.8) is 0 Å². The molecule has 0 bridgehead atoms. The van der Waals surface area contributed by atoms with Gasteiger partial charge in [-0.1, -0.05) is 37.0 Å². The summed E-state index contributed by atoms with van der Waals surface area (Å²) < 4.78 is 42.7. The first-order chi connectivity index (χ1) is 7.05. The Kier molecular flexibility index (Phi) is 8.01. The Morgan fingerprint density at radius 2 is 1.81 bits per heavy atom. The van der Waals surface area contributed by atoms with Crippen molar-refractivity contribution in [2.24, 2.45) is 0 Å². The molecule has 0 amide bonds. The fourth-order valence-electron chi connectivity index (χ4n) is 1.21. The van der Waals surface area contributed by atoms with E-state index in [1.54, 1.807) is 6.07 Å². The van der Waals surface area contributed by atoms with Crippen LogP contribution in [0.3, 0.4) is 0 Å². The number of ether oxygens (including phenoxy) is 1. The Hall–Kier alpha value is 0.511. The quantitative estimate of drug-likeness (QED) is 0.529. The minimum Gasteiger partial charge on any atom is -0.497 e. The van der Waals surface area contributed by atoms with Crippen molar-refractivity contribution in [2.75, 3.05) is 6.61 Å². The molecule has 0 spiro atoms. The maximum absolute atomic E-state index is 12.5. The van der Waals surface area contributed by atoms with Gasteiger partial charge in [0.25, 0.3) is 0 Å². The molecule has 0 radical (unpaired) electrons. The molecule has 0 heterocycles. The summed E-state index contributed by atoms with van der Waals surface area (Å²) in [7, 11) is 0. The SMILES string of the molecule is CCCCOc1ccccc1[B-](F)(F)F.[K+]. The van der Waals surface area contributed by atoms with Crippen LogP contribution in [0.4, 0.5) is 12.9 Å². The number of unbranched alkanes of at least 4 members (excludes halogenated alkanes) is 1. The molecule has 0 N–H and O–H groups in total. The Morgan fingerprint density at radius 3 is 2.38 bits per heavy atom. The zero-order valence-corrected chi connectivity index (χ0v) is 12.7. The van der Waals surface area contributed by atoms with Crippen molar-refractivity contribution in [1.82, 2.24) is 0 Å². The van der Waals surface area contributed by atoms with Gasteiger partial charge in [-0.2, -0.15) is 0 Å². The van der Waals surface area contributed by atoms with Crippen LogP contribution in [0.25, 0.3) is 0 Å². The van der Waals surface area contributed by atoms with Crippen molar-refractivity contribution in [1.29, 1.82) is 0 Å². The van der Waals surface area contributed by atoms with Crippen molar-refractivity contribution in [3.8, 4) is 5.75 Å². The second kappa shape index (κ2) is 7.76. The van der Waals surface area contributed by atoms with Crippen LogP contribution in [0.2, 0.25) is 0 Å². The van der Waals surface area contributed by atoms with Gasteiger partial charge < -0.3 is 17.7 Å². The fourth-order valence-corrected chi connectivity index (χ4v) is 1.21. The van der Waals surface area contributed by atoms with E-state index < -0.39 is 12.4 Å². The van der Waals surface area contributed by atoms with Gasteiger partial charge in [0, 0.05) is 0 Å². The van der Waals surface area contributed by atoms with Crippen molar-refractivity contribution < 1.29 is 69.1 Å². The van der Waals surface area contributed by atoms with Crippen LogP contribution in [0, 0.1) is 0 Å². The smallest absolute Gasteiger partial charge is 0.497 e. The van der Waals surface area contributed by atoms with E-state index in [2.05, 4.69) is 0 Å². The predicted molar refractivity (Wildman–Crippen MR) is 55.6 cm³/mol. The van der Waals surface area contributed by atoms with Gasteiger partial charge in [0.1, 0.15) is 0 Å². The minimum atomic E-state index is -4.98. The molecule has 0 aliphatic carbocycles. The number of para-hydroxylation sites is 1. The third kappa shape index (κ3) is 5.23. The Labute approximate surface area is 136 Å². The summed E-state index contributed by atoms with van der Waals surface area (Å²) in [6, 6.07) is 5.34. The Morgan fingerprint density at radius 1 is 1.19 bits per heavy atom. The van der Waals surface area contributed by atoms with Crippen LogP contribution >= 0.6 is 0 Å². The molecule has 6 heteroatoms. The normalized spacial score (nSPS) is 10.8. The molecule has 0 unspecified atom stereocenters. The molecule has 1 aromatic carbocycles. The van der Waals surface area contributed by atoms with Crippen LogP contribution in [0.1, 0.15) is 19.8 Å². The molecule has 0 aliphatic rings. The summed E-state index contributed by atoms with van der Waals surface area (Å²) in [4.78, 5) is 0. The summed E-state index contributed by atoms with van der Waals surface area (Å²) in [5, 5.41) is 0. The summed E-state index contributed by atoms with van der Waals surface area (Å²) in [5.74, 6) is -0.0570. The van der Waals surface area contributed by atoms with Crippen LogP contribution in [-0.4, -0.2) is 13.6 Å². The van der Waals surface area contributed by atoms with Crippen molar-refractivity contribution >= 4 is 12.4 Å². The molecule has 0 saturated carbocycles. The van der Waals surface area contributed by atoms with E-state index >= 15 is 0 Å². The fraction of sp³-hybridized carbons (Fsp3) is 0.400.